The number of carbonyl (C=O) groups is 1. The van der Waals surface area contributed by atoms with Crippen LogP contribution >= 0.6 is 24.0 Å². The van der Waals surface area contributed by atoms with Crippen LogP contribution in [0.3, 0.4) is 0 Å². The van der Waals surface area contributed by atoms with Crippen LogP contribution in [0, 0.1) is 0 Å². The molecule has 4 aromatic rings. The Morgan fingerprint density at radius 1 is 0.838 bits per heavy atom. The third kappa shape index (κ3) is 5.47. The Kier molecular flexibility index (Phi) is 7.56. The number of anilines is 2. The minimum atomic E-state index is -3.69. The van der Waals surface area contributed by atoms with Gasteiger partial charge in [0.05, 0.1) is 10.6 Å². The number of fused-ring (bicyclic) bond motifs is 1. The molecule has 0 unspecified atom stereocenters. The molecule has 1 aliphatic heterocycles. The molecule has 1 aromatic heterocycles. The van der Waals surface area contributed by atoms with Crippen LogP contribution in [-0.4, -0.2) is 59.7 Å². The van der Waals surface area contributed by atoms with Gasteiger partial charge in [-0.2, -0.15) is 9.29 Å². The van der Waals surface area contributed by atoms with Gasteiger partial charge >= 0.3 is 0 Å². The molecule has 0 radical (unpaired) electrons. The van der Waals surface area contributed by atoms with Gasteiger partial charge in [-0.3, -0.25) is 4.79 Å². The lowest BCUT2D eigenvalue weighted by Gasteiger charge is -2.34. The summed E-state index contributed by atoms with van der Waals surface area (Å²) in [5.74, 6) is 0.174. The van der Waals surface area contributed by atoms with Crippen LogP contribution in [0.2, 0.25) is 5.02 Å². The molecular weight excluding hydrogens is 535 g/mol. The molecule has 0 saturated carbocycles. The van der Waals surface area contributed by atoms with Crippen molar-refractivity contribution < 1.29 is 13.2 Å². The van der Waals surface area contributed by atoms with Crippen molar-refractivity contribution in [3.05, 3.63) is 77.3 Å². The summed E-state index contributed by atoms with van der Waals surface area (Å²) in [7, 11) is -3.69. The summed E-state index contributed by atoms with van der Waals surface area (Å²) in [6.07, 6.45) is 0. The Morgan fingerprint density at radius 2 is 1.49 bits per heavy atom. The number of piperazine rings is 1. The van der Waals surface area contributed by atoms with E-state index in [4.69, 9.17) is 23.1 Å². The quantitative estimate of drug-likeness (QED) is 0.389. The zero-order valence-electron chi connectivity index (χ0n) is 19.5. The molecule has 1 saturated heterocycles. The zero-order chi connectivity index (χ0) is 25.4. The third-order valence-electron chi connectivity index (χ3n) is 6.13. The molecule has 3 aromatic carbocycles. The van der Waals surface area contributed by atoms with Gasteiger partial charge < -0.3 is 16.4 Å². The maximum Gasteiger partial charge on any atom is 0.253 e. The van der Waals surface area contributed by atoms with E-state index in [0.717, 1.165) is 16.3 Å². The van der Waals surface area contributed by atoms with Crippen molar-refractivity contribution >= 4 is 62.5 Å². The fraction of sp³-hybridized carbons (Fsp3) is 0.160. The number of hydrogen-bond acceptors (Lipinski definition) is 7. The van der Waals surface area contributed by atoms with Gasteiger partial charge in [0.25, 0.3) is 5.91 Å². The van der Waals surface area contributed by atoms with E-state index >= 15 is 0 Å². The van der Waals surface area contributed by atoms with E-state index in [9.17, 15) is 13.2 Å². The van der Waals surface area contributed by atoms with Gasteiger partial charge in [0, 0.05) is 48.4 Å². The number of nitrogens with two attached hydrogens (primary N) is 2. The smallest absolute Gasteiger partial charge is 0.253 e. The molecule has 9 nitrogen and oxygen atoms in total. The number of halogens is 2. The predicted molar refractivity (Wildman–Crippen MR) is 147 cm³/mol. The summed E-state index contributed by atoms with van der Waals surface area (Å²) in [6, 6.07) is 18.9. The molecule has 0 aliphatic carbocycles. The molecular formula is C25H24Cl2N6O3S. The Bertz CT molecular complexity index is 1550. The van der Waals surface area contributed by atoms with Crippen molar-refractivity contribution in [1.82, 2.24) is 19.2 Å². The minimum Gasteiger partial charge on any atom is -0.384 e. The number of aromatic nitrogens is 2. The van der Waals surface area contributed by atoms with Crippen molar-refractivity contribution in [3.8, 4) is 11.3 Å². The summed E-state index contributed by atoms with van der Waals surface area (Å²) in [6.45, 7) is 1.01. The SMILES string of the molecule is Cl.Nc1cc(-c2ccc(C(=O)N3CCN(S(=O)(=O)c4ccc5cc(Cl)ccc5c4)CC3)cc2)nc(N)n1. The number of nitrogens with zero attached hydrogens (tertiary/aromatic N) is 4. The number of amides is 1. The van der Waals surface area contributed by atoms with E-state index in [1.165, 1.54) is 4.31 Å². The molecule has 5 rings (SSSR count). The first-order valence-corrected chi connectivity index (χ1v) is 13.0. The predicted octanol–water partition coefficient (Wildman–Crippen LogP) is 3.68. The fourth-order valence-corrected chi connectivity index (χ4v) is 5.87. The van der Waals surface area contributed by atoms with E-state index in [2.05, 4.69) is 9.97 Å². The summed E-state index contributed by atoms with van der Waals surface area (Å²) < 4.78 is 27.9. The van der Waals surface area contributed by atoms with Gasteiger partial charge in [-0.05, 0) is 47.2 Å². The summed E-state index contributed by atoms with van der Waals surface area (Å²) in [5.41, 5.74) is 13.2. The molecule has 4 N–H and O–H groups in total. The van der Waals surface area contributed by atoms with E-state index in [1.54, 1.807) is 71.6 Å². The van der Waals surface area contributed by atoms with Gasteiger partial charge in [0.2, 0.25) is 16.0 Å². The second-order valence-corrected chi connectivity index (χ2v) is 10.8. The molecule has 37 heavy (non-hydrogen) atoms. The van der Waals surface area contributed by atoms with Crippen LogP contribution in [0.15, 0.2) is 71.6 Å². The molecule has 0 atom stereocenters. The molecule has 1 aliphatic rings. The Morgan fingerprint density at radius 3 is 2.16 bits per heavy atom. The first kappa shape index (κ1) is 26.6. The van der Waals surface area contributed by atoms with Crippen molar-refractivity contribution in [2.75, 3.05) is 37.6 Å². The first-order chi connectivity index (χ1) is 17.2. The zero-order valence-corrected chi connectivity index (χ0v) is 21.9. The lowest BCUT2D eigenvalue weighted by Crippen LogP contribution is -2.50. The van der Waals surface area contributed by atoms with Crippen molar-refractivity contribution in [1.29, 1.82) is 0 Å². The van der Waals surface area contributed by atoms with E-state index < -0.39 is 10.0 Å². The normalized spacial score (nSPS) is 14.4. The average molecular weight is 559 g/mol. The Balaban J connectivity index is 0.00000320. The van der Waals surface area contributed by atoms with Crippen LogP contribution in [0.4, 0.5) is 11.8 Å². The molecule has 2 heterocycles. The first-order valence-electron chi connectivity index (χ1n) is 11.2. The molecule has 1 fully saturated rings. The molecule has 0 bridgehead atoms. The van der Waals surface area contributed by atoms with Crippen LogP contribution in [0.1, 0.15) is 10.4 Å². The highest BCUT2D eigenvalue weighted by Crippen LogP contribution is 2.26. The van der Waals surface area contributed by atoms with Crippen molar-refractivity contribution in [2.45, 2.75) is 4.90 Å². The summed E-state index contributed by atoms with van der Waals surface area (Å²) in [5, 5.41) is 2.26. The second kappa shape index (κ2) is 10.5. The maximum atomic E-state index is 13.2. The number of sulfonamides is 1. The summed E-state index contributed by atoms with van der Waals surface area (Å²) in [4.78, 5) is 22.9. The minimum absolute atomic E-state index is 0. The van der Waals surface area contributed by atoms with Crippen LogP contribution < -0.4 is 11.5 Å². The lowest BCUT2D eigenvalue weighted by molar-refractivity contribution is 0.0698. The van der Waals surface area contributed by atoms with E-state index in [-0.39, 0.29) is 48.1 Å². The number of nitrogen functional groups attached to an aromatic ring is 2. The van der Waals surface area contributed by atoms with Crippen LogP contribution in [-0.2, 0) is 10.0 Å². The van der Waals surface area contributed by atoms with Gasteiger partial charge in [-0.25, -0.2) is 13.4 Å². The largest absolute Gasteiger partial charge is 0.384 e. The van der Waals surface area contributed by atoms with E-state index in [1.807, 2.05) is 0 Å². The highest BCUT2D eigenvalue weighted by atomic mass is 35.5. The molecule has 192 valence electrons. The fourth-order valence-electron chi connectivity index (χ4n) is 4.24. The second-order valence-electron chi connectivity index (χ2n) is 8.46. The van der Waals surface area contributed by atoms with Gasteiger partial charge in [0.1, 0.15) is 5.82 Å². The number of benzene rings is 3. The molecule has 12 heteroatoms. The topological polar surface area (TPSA) is 136 Å². The average Bonchev–Trinajstić information content (AvgIpc) is 2.87. The number of carbonyl (C=O) groups excluding carboxylic acids is 1. The monoisotopic (exact) mass is 558 g/mol. The van der Waals surface area contributed by atoms with Crippen LogP contribution in [0.5, 0.6) is 0 Å². The third-order valence-corrected chi connectivity index (χ3v) is 8.26. The highest BCUT2D eigenvalue weighted by molar-refractivity contribution is 7.89. The highest BCUT2D eigenvalue weighted by Gasteiger charge is 2.30. The summed E-state index contributed by atoms with van der Waals surface area (Å²) >= 11 is 6.03. The van der Waals surface area contributed by atoms with Gasteiger partial charge in [-0.1, -0.05) is 35.9 Å². The van der Waals surface area contributed by atoms with E-state index in [0.29, 0.717) is 29.4 Å². The van der Waals surface area contributed by atoms with Gasteiger partial charge in [0.15, 0.2) is 0 Å². The Hall–Kier alpha value is -3.44. The lowest BCUT2D eigenvalue weighted by atomic mass is 10.1. The number of hydrogen-bond donors (Lipinski definition) is 2. The van der Waals surface area contributed by atoms with Crippen LogP contribution in [0.25, 0.3) is 22.0 Å². The number of rotatable bonds is 4. The standard InChI is InChI=1S/C25H23ClN6O3S.ClH/c26-20-7-5-19-14-21(8-6-18(19)13-20)36(34,35)32-11-9-31(10-12-32)24(33)17-3-1-16(2-4-17)22-15-23(27)30-25(28)29-22;/h1-8,13-15H,9-12H2,(H4,27,28,29,30);1H. The molecule has 1 amide bonds. The molecule has 0 spiro atoms. The maximum absolute atomic E-state index is 13.2. The van der Waals surface area contributed by atoms with Crippen molar-refractivity contribution in [3.63, 3.8) is 0 Å². The van der Waals surface area contributed by atoms with Crippen molar-refractivity contribution in [2.24, 2.45) is 0 Å². The van der Waals surface area contributed by atoms with Gasteiger partial charge in [-0.15, -0.1) is 12.4 Å². The Labute approximate surface area is 225 Å².